The summed E-state index contributed by atoms with van der Waals surface area (Å²) in [6.07, 6.45) is 9.39. The summed E-state index contributed by atoms with van der Waals surface area (Å²) < 4.78 is 7.10. The van der Waals surface area contributed by atoms with Crippen molar-refractivity contribution in [3.05, 3.63) is 55.4 Å². The average molecular weight is 292 g/mol. The molecule has 0 atom stereocenters. The molecule has 1 aromatic carbocycles. The number of phenolic OH excluding ortho intramolecular Hbond substituents is 1. The van der Waals surface area contributed by atoms with Crippen molar-refractivity contribution < 1.29 is 9.84 Å². The Morgan fingerprint density at radius 3 is 3.00 bits per heavy atom. The number of imidazole rings is 1. The van der Waals surface area contributed by atoms with Crippen LogP contribution in [0.15, 0.2) is 55.4 Å². The lowest BCUT2D eigenvalue weighted by Crippen LogP contribution is -2.00. The van der Waals surface area contributed by atoms with Gasteiger partial charge in [0.15, 0.2) is 11.5 Å². The normalized spacial score (nSPS) is 13.9. The van der Waals surface area contributed by atoms with Crippen molar-refractivity contribution in [1.82, 2.24) is 19.5 Å². The summed E-state index contributed by atoms with van der Waals surface area (Å²) in [7, 11) is 0. The SMILES string of the molecule is Oc1cccc(-c2ncc3ncn(C4=COC=CC4)c3n2)c1. The fourth-order valence-corrected chi connectivity index (χ4v) is 2.35. The van der Waals surface area contributed by atoms with Crippen molar-refractivity contribution in [2.45, 2.75) is 6.42 Å². The second-order valence-corrected chi connectivity index (χ2v) is 4.89. The molecule has 1 aliphatic heterocycles. The highest BCUT2D eigenvalue weighted by molar-refractivity contribution is 5.76. The Labute approximate surface area is 126 Å². The molecule has 0 bridgehead atoms. The molecule has 0 unspecified atom stereocenters. The number of phenols is 1. The van der Waals surface area contributed by atoms with Gasteiger partial charge in [0.05, 0.1) is 18.2 Å². The molecule has 0 saturated heterocycles. The number of ether oxygens (including phenoxy) is 1. The molecular weight excluding hydrogens is 280 g/mol. The van der Waals surface area contributed by atoms with Crippen LogP contribution >= 0.6 is 0 Å². The molecule has 0 radical (unpaired) electrons. The molecule has 0 saturated carbocycles. The van der Waals surface area contributed by atoms with Crippen molar-refractivity contribution in [3.63, 3.8) is 0 Å². The van der Waals surface area contributed by atoms with Crippen LogP contribution < -0.4 is 0 Å². The van der Waals surface area contributed by atoms with E-state index in [-0.39, 0.29) is 5.75 Å². The van der Waals surface area contributed by atoms with E-state index >= 15 is 0 Å². The summed E-state index contributed by atoms with van der Waals surface area (Å²) in [6.45, 7) is 0. The molecule has 0 spiro atoms. The van der Waals surface area contributed by atoms with E-state index in [1.807, 2.05) is 16.7 Å². The van der Waals surface area contributed by atoms with Gasteiger partial charge in [-0.3, -0.25) is 4.57 Å². The zero-order valence-electron chi connectivity index (χ0n) is 11.5. The first-order chi connectivity index (χ1) is 10.8. The van der Waals surface area contributed by atoms with E-state index in [4.69, 9.17) is 4.74 Å². The Kier molecular flexibility index (Phi) is 2.86. The van der Waals surface area contributed by atoms with Crippen molar-refractivity contribution in [2.24, 2.45) is 0 Å². The zero-order valence-corrected chi connectivity index (χ0v) is 11.5. The van der Waals surface area contributed by atoms with Gasteiger partial charge in [-0.25, -0.2) is 15.0 Å². The Morgan fingerprint density at radius 2 is 2.18 bits per heavy atom. The number of hydrogen-bond donors (Lipinski definition) is 1. The minimum Gasteiger partial charge on any atom is -0.508 e. The van der Waals surface area contributed by atoms with E-state index in [9.17, 15) is 5.11 Å². The van der Waals surface area contributed by atoms with Crippen LogP contribution in [0, 0.1) is 0 Å². The molecule has 108 valence electrons. The summed E-state index contributed by atoms with van der Waals surface area (Å²) in [5.41, 5.74) is 3.12. The molecule has 2 aromatic heterocycles. The molecule has 4 rings (SSSR count). The first kappa shape index (κ1) is 12.6. The number of benzene rings is 1. The highest BCUT2D eigenvalue weighted by atomic mass is 16.5. The zero-order chi connectivity index (χ0) is 14.9. The molecule has 0 fully saturated rings. The van der Waals surface area contributed by atoms with Gasteiger partial charge in [0.25, 0.3) is 0 Å². The highest BCUT2D eigenvalue weighted by Crippen LogP contribution is 2.24. The molecule has 0 amide bonds. The summed E-state index contributed by atoms with van der Waals surface area (Å²) >= 11 is 0. The lowest BCUT2D eigenvalue weighted by atomic mass is 10.2. The summed E-state index contributed by atoms with van der Waals surface area (Å²) in [5.74, 6) is 0.723. The van der Waals surface area contributed by atoms with Crippen LogP contribution in [0.5, 0.6) is 5.75 Å². The van der Waals surface area contributed by atoms with Gasteiger partial charge in [0, 0.05) is 12.0 Å². The number of fused-ring (bicyclic) bond motifs is 1. The topological polar surface area (TPSA) is 73.1 Å². The highest BCUT2D eigenvalue weighted by Gasteiger charge is 2.12. The van der Waals surface area contributed by atoms with E-state index < -0.39 is 0 Å². The lowest BCUT2D eigenvalue weighted by Gasteiger charge is -2.10. The summed E-state index contributed by atoms with van der Waals surface area (Å²) in [6, 6.07) is 6.86. The first-order valence-electron chi connectivity index (χ1n) is 6.81. The molecular formula is C16H12N4O2. The van der Waals surface area contributed by atoms with Gasteiger partial charge < -0.3 is 9.84 Å². The maximum absolute atomic E-state index is 9.60. The van der Waals surface area contributed by atoms with Gasteiger partial charge in [0.1, 0.15) is 23.9 Å². The van der Waals surface area contributed by atoms with Crippen molar-refractivity contribution in [1.29, 1.82) is 0 Å². The van der Waals surface area contributed by atoms with Gasteiger partial charge in [-0.05, 0) is 18.2 Å². The fourth-order valence-electron chi connectivity index (χ4n) is 2.35. The number of rotatable bonds is 2. The predicted molar refractivity (Wildman–Crippen MR) is 81.5 cm³/mol. The third-order valence-corrected chi connectivity index (χ3v) is 3.41. The maximum atomic E-state index is 9.60. The van der Waals surface area contributed by atoms with Gasteiger partial charge >= 0.3 is 0 Å². The van der Waals surface area contributed by atoms with E-state index in [2.05, 4.69) is 15.0 Å². The largest absolute Gasteiger partial charge is 0.508 e. The third kappa shape index (κ3) is 2.10. The fraction of sp³-hybridized carbons (Fsp3) is 0.0625. The molecule has 3 aromatic rings. The summed E-state index contributed by atoms with van der Waals surface area (Å²) in [5, 5.41) is 9.60. The molecule has 6 nitrogen and oxygen atoms in total. The first-order valence-corrected chi connectivity index (χ1v) is 6.81. The Hall–Kier alpha value is -3.15. The van der Waals surface area contributed by atoms with Crippen molar-refractivity contribution >= 4 is 16.9 Å². The Bertz CT molecular complexity index is 911. The van der Waals surface area contributed by atoms with Gasteiger partial charge in [-0.1, -0.05) is 12.1 Å². The molecule has 1 aliphatic rings. The van der Waals surface area contributed by atoms with Crippen LogP contribution in [0.3, 0.4) is 0 Å². The van der Waals surface area contributed by atoms with Crippen LogP contribution in [-0.4, -0.2) is 24.6 Å². The second kappa shape index (κ2) is 5.00. The number of aromatic hydroxyl groups is 1. The molecule has 0 aliphatic carbocycles. The second-order valence-electron chi connectivity index (χ2n) is 4.89. The van der Waals surface area contributed by atoms with Gasteiger partial charge in [0.2, 0.25) is 0 Å². The number of allylic oxidation sites excluding steroid dienone is 2. The number of aromatic nitrogens is 4. The summed E-state index contributed by atoms with van der Waals surface area (Å²) in [4.78, 5) is 13.2. The van der Waals surface area contributed by atoms with Crippen LogP contribution in [-0.2, 0) is 4.74 Å². The van der Waals surface area contributed by atoms with Crippen LogP contribution in [0.2, 0.25) is 0 Å². The molecule has 6 heteroatoms. The predicted octanol–water partition coefficient (Wildman–Crippen LogP) is 2.93. The monoisotopic (exact) mass is 292 g/mol. The van der Waals surface area contributed by atoms with Crippen LogP contribution in [0.25, 0.3) is 28.2 Å². The van der Waals surface area contributed by atoms with E-state index in [1.165, 1.54) is 0 Å². The number of nitrogens with zero attached hydrogens (tertiary/aromatic N) is 4. The van der Waals surface area contributed by atoms with E-state index in [1.54, 1.807) is 43.2 Å². The van der Waals surface area contributed by atoms with Crippen molar-refractivity contribution in [2.75, 3.05) is 0 Å². The van der Waals surface area contributed by atoms with E-state index in [0.717, 1.165) is 17.7 Å². The van der Waals surface area contributed by atoms with Crippen molar-refractivity contribution in [3.8, 4) is 17.1 Å². The standard InChI is InChI=1S/C16H12N4O2/c21-13-5-1-3-11(7-13)15-17-8-14-16(19-15)20(10-18-14)12-4-2-6-22-9-12/h1-3,5-10,21H,4H2. The lowest BCUT2D eigenvalue weighted by molar-refractivity contribution is 0.394. The van der Waals surface area contributed by atoms with Gasteiger partial charge in [-0.15, -0.1) is 0 Å². The third-order valence-electron chi connectivity index (χ3n) is 3.41. The molecule has 1 N–H and O–H groups in total. The van der Waals surface area contributed by atoms with E-state index in [0.29, 0.717) is 17.0 Å². The quantitative estimate of drug-likeness (QED) is 0.786. The minimum atomic E-state index is 0.184. The number of hydrogen-bond acceptors (Lipinski definition) is 5. The molecule has 3 heterocycles. The van der Waals surface area contributed by atoms with Crippen LogP contribution in [0.4, 0.5) is 0 Å². The smallest absolute Gasteiger partial charge is 0.168 e. The van der Waals surface area contributed by atoms with Crippen LogP contribution in [0.1, 0.15) is 6.42 Å². The average Bonchev–Trinajstić information content (AvgIpc) is 2.99. The Morgan fingerprint density at radius 1 is 1.23 bits per heavy atom. The maximum Gasteiger partial charge on any atom is 0.168 e. The Balaban J connectivity index is 1.84. The minimum absolute atomic E-state index is 0.184. The van der Waals surface area contributed by atoms with Gasteiger partial charge in [-0.2, -0.15) is 0 Å². The molecule has 22 heavy (non-hydrogen) atoms.